The smallest absolute Gasteiger partial charge is 0.142 e. The molecule has 3 heteroatoms. The van der Waals surface area contributed by atoms with Crippen LogP contribution in [0.2, 0.25) is 0 Å². The molecule has 0 aliphatic rings. The van der Waals surface area contributed by atoms with Gasteiger partial charge >= 0.3 is 0 Å². The maximum Gasteiger partial charge on any atom is 0.142 e. The van der Waals surface area contributed by atoms with Crippen LogP contribution in [0.1, 0.15) is 30.0 Å². The van der Waals surface area contributed by atoms with E-state index in [4.69, 9.17) is 9.15 Å². The second kappa shape index (κ2) is 5.17. The molecule has 1 atom stereocenters. The zero-order valence-corrected chi connectivity index (χ0v) is 11.3. The summed E-state index contributed by atoms with van der Waals surface area (Å²) in [4.78, 5) is 0. The molecule has 2 aromatic rings. The second-order valence-electron chi connectivity index (χ2n) is 4.52. The second-order valence-corrected chi connectivity index (χ2v) is 4.52. The van der Waals surface area contributed by atoms with Crippen LogP contribution in [-0.4, -0.2) is 7.11 Å². The normalized spacial score (nSPS) is 12.2. The van der Waals surface area contributed by atoms with Crippen molar-refractivity contribution in [1.29, 1.82) is 0 Å². The van der Waals surface area contributed by atoms with Gasteiger partial charge in [0, 0.05) is 0 Å². The molecule has 0 amide bonds. The van der Waals surface area contributed by atoms with E-state index in [1.165, 1.54) is 5.56 Å². The molecular formula is C15H19NO2. The molecule has 0 saturated heterocycles. The molecule has 96 valence electrons. The van der Waals surface area contributed by atoms with E-state index in [0.29, 0.717) is 0 Å². The summed E-state index contributed by atoms with van der Waals surface area (Å²) in [7, 11) is 1.68. The first-order valence-corrected chi connectivity index (χ1v) is 6.07. The van der Waals surface area contributed by atoms with Crippen molar-refractivity contribution >= 4 is 5.69 Å². The van der Waals surface area contributed by atoms with E-state index < -0.39 is 0 Å². The first-order valence-electron chi connectivity index (χ1n) is 6.07. The van der Waals surface area contributed by atoms with Gasteiger partial charge in [0.05, 0.1) is 18.8 Å². The van der Waals surface area contributed by atoms with Crippen LogP contribution in [0, 0.1) is 13.8 Å². The Kier molecular flexibility index (Phi) is 3.60. The van der Waals surface area contributed by atoms with Gasteiger partial charge < -0.3 is 14.5 Å². The number of anilines is 1. The lowest BCUT2D eigenvalue weighted by atomic mass is 10.2. The van der Waals surface area contributed by atoms with Crippen LogP contribution in [0.5, 0.6) is 5.75 Å². The molecule has 0 fully saturated rings. The van der Waals surface area contributed by atoms with Crippen LogP contribution in [-0.2, 0) is 0 Å². The zero-order valence-electron chi connectivity index (χ0n) is 11.3. The van der Waals surface area contributed by atoms with Gasteiger partial charge in [0.1, 0.15) is 17.3 Å². The Morgan fingerprint density at radius 1 is 1.17 bits per heavy atom. The molecule has 0 spiro atoms. The first kappa shape index (κ1) is 12.6. The molecule has 2 rings (SSSR count). The van der Waals surface area contributed by atoms with E-state index >= 15 is 0 Å². The molecule has 1 aromatic carbocycles. The molecule has 0 radical (unpaired) electrons. The van der Waals surface area contributed by atoms with E-state index in [1.807, 2.05) is 38.1 Å². The van der Waals surface area contributed by atoms with Crippen molar-refractivity contribution < 1.29 is 9.15 Å². The average molecular weight is 245 g/mol. The van der Waals surface area contributed by atoms with Gasteiger partial charge in [-0.1, -0.05) is 6.07 Å². The number of ether oxygens (including phenoxy) is 1. The number of hydrogen-bond acceptors (Lipinski definition) is 3. The minimum atomic E-state index is 0.107. The Labute approximate surface area is 108 Å². The summed E-state index contributed by atoms with van der Waals surface area (Å²) < 4.78 is 11.0. The van der Waals surface area contributed by atoms with Gasteiger partial charge in [-0.15, -0.1) is 0 Å². The van der Waals surface area contributed by atoms with Crippen molar-refractivity contribution in [2.45, 2.75) is 26.8 Å². The molecule has 1 unspecified atom stereocenters. The van der Waals surface area contributed by atoms with Crippen molar-refractivity contribution in [3.05, 3.63) is 47.4 Å². The van der Waals surface area contributed by atoms with Gasteiger partial charge in [-0.25, -0.2) is 0 Å². The van der Waals surface area contributed by atoms with Gasteiger partial charge in [-0.2, -0.15) is 0 Å². The predicted octanol–water partition coefficient (Wildman–Crippen LogP) is 4.08. The number of nitrogens with one attached hydrogen (secondary N) is 1. The fourth-order valence-corrected chi connectivity index (χ4v) is 1.91. The largest absolute Gasteiger partial charge is 0.495 e. The predicted molar refractivity (Wildman–Crippen MR) is 73.2 cm³/mol. The van der Waals surface area contributed by atoms with Crippen LogP contribution < -0.4 is 10.1 Å². The maximum atomic E-state index is 5.61. The van der Waals surface area contributed by atoms with Crippen LogP contribution in [0.3, 0.4) is 0 Å². The molecule has 1 heterocycles. The van der Waals surface area contributed by atoms with Crippen molar-refractivity contribution in [1.82, 2.24) is 0 Å². The van der Waals surface area contributed by atoms with Gasteiger partial charge in [0.15, 0.2) is 0 Å². The Hall–Kier alpha value is -1.90. The zero-order chi connectivity index (χ0) is 13.1. The molecule has 1 aromatic heterocycles. The Balaban J connectivity index is 2.18. The fraction of sp³-hybridized carbons (Fsp3) is 0.333. The molecule has 18 heavy (non-hydrogen) atoms. The molecule has 3 nitrogen and oxygen atoms in total. The van der Waals surface area contributed by atoms with Gasteiger partial charge in [-0.3, -0.25) is 0 Å². The summed E-state index contributed by atoms with van der Waals surface area (Å²) in [5.41, 5.74) is 2.16. The highest BCUT2D eigenvalue weighted by molar-refractivity contribution is 5.58. The summed E-state index contributed by atoms with van der Waals surface area (Å²) in [5.74, 6) is 2.70. The van der Waals surface area contributed by atoms with Crippen LogP contribution in [0.4, 0.5) is 5.69 Å². The molecule has 0 aliphatic carbocycles. The third-order valence-corrected chi connectivity index (χ3v) is 2.92. The molecule has 0 saturated carbocycles. The monoisotopic (exact) mass is 245 g/mol. The number of furan rings is 1. The molecular weight excluding hydrogens is 226 g/mol. The standard InChI is InChI=1S/C15H19NO2/c1-10-5-7-13(15(9-10)17-4)16-12(3)14-8-6-11(2)18-14/h5-9,12,16H,1-4H3. The Bertz CT molecular complexity index is 531. The van der Waals surface area contributed by atoms with Crippen molar-refractivity contribution in [3.8, 4) is 5.75 Å². The number of rotatable bonds is 4. The average Bonchev–Trinajstić information content (AvgIpc) is 2.78. The van der Waals surface area contributed by atoms with Gasteiger partial charge in [-0.05, 0) is 50.6 Å². The summed E-state index contributed by atoms with van der Waals surface area (Å²) in [6.07, 6.45) is 0. The van der Waals surface area contributed by atoms with Gasteiger partial charge in [0.25, 0.3) is 0 Å². The fourth-order valence-electron chi connectivity index (χ4n) is 1.91. The number of aryl methyl sites for hydroxylation is 2. The third kappa shape index (κ3) is 2.67. The number of methoxy groups -OCH3 is 1. The lowest BCUT2D eigenvalue weighted by Gasteiger charge is -2.16. The van der Waals surface area contributed by atoms with E-state index in [9.17, 15) is 0 Å². The first-order chi connectivity index (χ1) is 8.60. The SMILES string of the molecule is COc1cc(C)ccc1NC(C)c1ccc(C)o1. The summed E-state index contributed by atoms with van der Waals surface area (Å²) >= 11 is 0. The van der Waals surface area contributed by atoms with E-state index in [1.54, 1.807) is 7.11 Å². The van der Waals surface area contributed by atoms with Crippen LogP contribution in [0.25, 0.3) is 0 Å². The highest BCUT2D eigenvalue weighted by atomic mass is 16.5. The van der Waals surface area contributed by atoms with Crippen LogP contribution >= 0.6 is 0 Å². The summed E-state index contributed by atoms with van der Waals surface area (Å²) in [5, 5.41) is 3.40. The van der Waals surface area contributed by atoms with Crippen molar-refractivity contribution in [2.24, 2.45) is 0 Å². The highest BCUT2D eigenvalue weighted by Gasteiger charge is 2.11. The third-order valence-electron chi connectivity index (χ3n) is 2.92. The lowest BCUT2D eigenvalue weighted by molar-refractivity contribution is 0.414. The Morgan fingerprint density at radius 2 is 1.94 bits per heavy atom. The van der Waals surface area contributed by atoms with Crippen LogP contribution in [0.15, 0.2) is 34.7 Å². The Morgan fingerprint density at radius 3 is 2.56 bits per heavy atom. The number of hydrogen-bond donors (Lipinski definition) is 1. The number of benzene rings is 1. The maximum absolute atomic E-state index is 5.61. The lowest BCUT2D eigenvalue weighted by Crippen LogP contribution is -2.06. The quantitative estimate of drug-likeness (QED) is 0.881. The van der Waals surface area contributed by atoms with Crippen molar-refractivity contribution in [3.63, 3.8) is 0 Å². The van der Waals surface area contributed by atoms with E-state index in [0.717, 1.165) is 23.0 Å². The minimum Gasteiger partial charge on any atom is -0.495 e. The molecule has 0 aliphatic heterocycles. The highest BCUT2D eigenvalue weighted by Crippen LogP contribution is 2.29. The molecule has 0 bridgehead atoms. The topological polar surface area (TPSA) is 34.4 Å². The minimum absolute atomic E-state index is 0.107. The van der Waals surface area contributed by atoms with Gasteiger partial charge in [0.2, 0.25) is 0 Å². The summed E-state index contributed by atoms with van der Waals surface area (Å²) in [6, 6.07) is 10.2. The van der Waals surface area contributed by atoms with E-state index in [-0.39, 0.29) is 6.04 Å². The summed E-state index contributed by atoms with van der Waals surface area (Å²) in [6.45, 7) is 6.06. The van der Waals surface area contributed by atoms with Crippen molar-refractivity contribution in [2.75, 3.05) is 12.4 Å². The van der Waals surface area contributed by atoms with E-state index in [2.05, 4.69) is 18.3 Å². The molecule has 1 N–H and O–H groups in total.